The molecule has 0 radical (unpaired) electrons. The highest BCUT2D eigenvalue weighted by Crippen LogP contribution is 2.31. The van der Waals surface area contributed by atoms with E-state index in [1.165, 1.54) is 0 Å². The fourth-order valence-electron chi connectivity index (χ4n) is 2.88. The van der Waals surface area contributed by atoms with Crippen LogP contribution < -0.4 is 0 Å². The zero-order chi connectivity index (χ0) is 16.8. The lowest BCUT2D eigenvalue weighted by atomic mass is 10.0. The van der Waals surface area contributed by atoms with Crippen LogP contribution in [0.15, 0.2) is 67.0 Å². The van der Waals surface area contributed by atoms with Crippen LogP contribution in [0, 0.1) is 0 Å². The highest BCUT2D eigenvalue weighted by atomic mass is 16.1. The van der Waals surface area contributed by atoms with Gasteiger partial charge in [0.2, 0.25) is 0 Å². The highest BCUT2D eigenvalue weighted by Gasteiger charge is 2.14. The Balaban J connectivity index is 1.95. The van der Waals surface area contributed by atoms with Crippen LogP contribution >= 0.6 is 0 Å². The molecule has 0 unspecified atom stereocenters. The summed E-state index contributed by atoms with van der Waals surface area (Å²) in [6, 6.07) is 20.6. The van der Waals surface area contributed by atoms with E-state index in [9.17, 15) is 4.79 Å². The summed E-state index contributed by atoms with van der Waals surface area (Å²) in [5.74, 6) is 0.319. The van der Waals surface area contributed by atoms with Crippen LogP contribution in [0.3, 0.4) is 0 Å². The number of benzene rings is 2. The number of aromatic nitrogens is 2. The molecule has 0 amide bonds. The number of carbonyl (C=O) groups excluding carboxylic acids is 1. The van der Waals surface area contributed by atoms with E-state index in [2.05, 4.69) is 33.8 Å². The summed E-state index contributed by atoms with van der Waals surface area (Å²) in [5.41, 5.74) is 4.37. The van der Waals surface area contributed by atoms with Crippen LogP contribution in [0.4, 0.5) is 0 Å². The van der Waals surface area contributed by atoms with Gasteiger partial charge >= 0.3 is 0 Å². The Kier molecular flexibility index (Phi) is 5.22. The third kappa shape index (κ3) is 3.62. The third-order valence-electron chi connectivity index (χ3n) is 4.18. The van der Waals surface area contributed by atoms with E-state index in [1.807, 2.05) is 49.6 Å². The molecule has 0 aliphatic rings. The molecule has 3 heteroatoms. The molecule has 0 aliphatic carbocycles. The number of rotatable bonds is 7. The van der Waals surface area contributed by atoms with Gasteiger partial charge in [-0.25, -0.2) is 4.98 Å². The molecule has 3 aromatic rings. The Hall–Kier alpha value is -2.68. The van der Waals surface area contributed by atoms with Gasteiger partial charge in [-0.05, 0) is 6.42 Å². The predicted molar refractivity (Wildman–Crippen MR) is 97.6 cm³/mol. The Labute approximate surface area is 143 Å². The standard InChI is InChI=1S/C21H22N2O/c1-2-19(24)14-9-15-23-16-22-20(17-10-5-3-6-11-17)21(23)18-12-7-4-8-13-18/h3-8,10-13,16H,2,9,14-15H2,1H3. The summed E-state index contributed by atoms with van der Waals surface area (Å²) in [5, 5.41) is 0. The van der Waals surface area contributed by atoms with E-state index in [0.717, 1.165) is 35.5 Å². The van der Waals surface area contributed by atoms with Crippen LogP contribution in [0.1, 0.15) is 26.2 Å². The maximum absolute atomic E-state index is 11.6. The summed E-state index contributed by atoms with van der Waals surface area (Å²) >= 11 is 0. The van der Waals surface area contributed by atoms with Crippen molar-refractivity contribution in [3.05, 3.63) is 67.0 Å². The molecule has 0 spiro atoms. The van der Waals surface area contributed by atoms with Gasteiger partial charge < -0.3 is 4.57 Å². The van der Waals surface area contributed by atoms with Gasteiger partial charge in [-0.3, -0.25) is 4.79 Å². The number of imidazole rings is 1. The zero-order valence-corrected chi connectivity index (χ0v) is 14.0. The molecule has 0 N–H and O–H groups in total. The first-order chi connectivity index (χ1) is 11.8. The first-order valence-electron chi connectivity index (χ1n) is 8.47. The molecule has 0 bridgehead atoms. The van der Waals surface area contributed by atoms with E-state index >= 15 is 0 Å². The number of nitrogens with zero attached hydrogens (tertiary/aromatic N) is 2. The van der Waals surface area contributed by atoms with Crippen molar-refractivity contribution in [1.82, 2.24) is 9.55 Å². The molecule has 0 fully saturated rings. The van der Waals surface area contributed by atoms with Gasteiger partial charge in [-0.2, -0.15) is 0 Å². The van der Waals surface area contributed by atoms with E-state index < -0.39 is 0 Å². The number of ketones is 1. The Morgan fingerprint density at radius 2 is 1.58 bits per heavy atom. The van der Waals surface area contributed by atoms with Crippen LogP contribution in [0.5, 0.6) is 0 Å². The van der Waals surface area contributed by atoms with Crippen LogP contribution in [0.25, 0.3) is 22.5 Å². The molecule has 2 aromatic carbocycles. The number of carbonyl (C=O) groups is 1. The molecular formula is C21H22N2O. The molecule has 0 aliphatic heterocycles. The van der Waals surface area contributed by atoms with E-state index in [0.29, 0.717) is 18.6 Å². The van der Waals surface area contributed by atoms with Crippen molar-refractivity contribution < 1.29 is 4.79 Å². The van der Waals surface area contributed by atoms with Crippen LogP contribution in [0.2, 0.25) is 0 Å². The second-order valence-electron chi connectivity index (χ2n) is 5.86. The maximum atomic E-state index is 11.6. The minimum Gasteiger partial charge on any atom is -0.330 e. The summed E-state index contributed by atoms with van der Waals surface area (Å²) < 4.78 is 2.17. The maximum Gasteiger partial charge on any atom is 0.132 e. The lowest BCUT2D eigenvalue weighted by molar-refractivity contribution is -0.118. The van der Waals surface area contributed by atoms with Gasteiger partial charge in [-0.15, -0.1) is 0 Å². The topological polar surface area (TPSA) is 34.9 Å². The van der Waals surface area contributed by atoms with Crippen LogP contribution in [-0.4, -0.2) is 15.3 Å². The summed E-state index contributed by atoms with van der Waals surface area (Å²) in [6.07, 6.45) is 3.98. The third-order valence-corrected chi connectivity index (χ3v) is 4.18. The molecule has 1 aromatic heterocycles. The van der Waals surface area contributed by atoms with Gasteiger partial charge in [0.1, 0.15) is 5.78 Å². The van der Waals surface area contributed by atoms with Crippen molar-refractivity contribution >= 4 is 5.78 Å². The number of hydrogen-bond donors (Lipinski definition) is 0. The Morgan fingerprint density at radius 3 is 2.21 bits per heavy atom. The molecule has 3 rings (SSSR count). The van der Waals surface area contributed by atoms with Gasteiger partial charge in [0.05, 0.1) is 17.7 Å². The molecule has 122 valence electrons. The normalized spacial score (nSPS) is 10.7. The molecule has 0 atom stereocenters. The van der Waals surface area contributed by atoms with Crippen molar-refractivity contribution in [2.24, 2.45) is 0 Å². The first-order valence-corrected chi connectivity index (χ1v) is 8.47. The Morgan fingerprint density at radius 1 is 0.958 bits per heavy atom. The average molecular weight is 318 g/mol. The smallest absolute Gasteiger partial charge is 0.132 e. The van der Waals surface area contributed by atoms with Crippen LogP contribution in [-0.2, 0) is 11.3 Å². The second-order valence-corrected chi connectivity index (χ2v) is 5.86. The van der Waals surface area contributed by atoms with E-state index in [4.69, 9.17) is 0 Å². The van der Waals surface area contributed by atoms with Crippen molar-refractivity contribution in [3.63, 3.8) is 0 Å². The molecule has 0 saturated carbocycles. The monoisotopic (exact) mass is 318 g/mol. The van der Waals surface area contributed by atoms with Gasteiger partial charge in [0.25, 0.3) is 0 Å². The van der Waals surface area contributed by atoms with Gasteiger partial charge in [0.15, 0.2) is 0 Å². The molecule has 24 heavy (non-hydrogen) atoms. The van der Waals surface area contributed by atoms with Crippen molar-refractivity contribution in [1.29, 1.82) is 0 Å². The minimum absolute atomic E-state index is 0.319. The SMILES string of the molecule is CCC(=O)CCCn1cnc(-c2ccccc2)c1-c1ccccc1. The molecule has 3 nitrogen and oxygen atoms in total. The van der Waals surface area contributed by atoms with E-state index in [1.54, 1.807) is 0 Å². The molecule has 1 heterocycles. The minimum atomic E-state index is 0.319. The number of Topliss-reactive ketones (excluding diaryl/α,β-unsaturated/α-hetero) is 1. The summed E-state index contributed by atoms with van der Waals surface area (Å²) in [7, 11) is 0. The zero-order valence-electron chi connectivity index (χ0n) is 14.0. The fraction of sp³-hybridized carbons (Fsp3) is 0.238. The number of aryl methyl sites for hydroxylation is 1. The molecular weight excluding hydrogens is 296 g/mol. The summed E-state index contributed by atoms with van der Waals surface area (Å²) in [4.78, 5) is 16.2. The largest absolute Gasteiger partial charge is 0.330 e. The Bertz CT molecular complexity index is 791. The van der Waals surface area contributed by atoms with Crippen molar-refractivity contribution in [2.75, 3.05) is 0 Å². The highest BCUT2D eigenvalue weighted by molar-refractivity contribution is 5.79. The van der Waals surface area contributed by atoms with Gasteiger partial charge in [-0.1, -0.05) is 67.6 Å². The number of hydrogen-bond acceptors (Lipinski definition) is 2. The lowest BCUT2D eigenvalue weighted by Crippen LogP contribution is -2.03. The van der Waals surface area contributed by atoms with E-state index in [-0.39, 0.29) is 0 Å². The predicted octanol–water partition coefficient (Wildman–Crippen LogP) is 4.98. The lowest BCUT2D eigenvalue weighted by Gasteiger charge is -2.10. The van der Waals surface area contributed by atoms with Gasteiger partial charge in [0, 0.05) is 30.5 Å². The summed E-state index contributed by atoms with van der Waals surface area (Å²) in [6.45, 7) is 2.72. The van der Waals surface area contributed by atoms with Crippen molar-refractivity contribution in [2.45, 2.75) is 32.7 Å². The quantitative estimate of drug-likeness (QED) is 0.616. The molecule has 0 saturated heterocycles. The van der Waals surface area contributed by atoms with Crippen molar-refractivity contribution in [3.8, 4) is 22.5 Å². The first kappa shape index (κ1) is 16.2. The fourth-order valence-corrected chi connectivity index (χ4v) is 2.88. The second kappa shape index (κ2) is 7.73. The average Bonchev–Trinajstić information content (AvgIpc) is 3.07.